The maximum Gasteiger partial charge on any atom is 0.141 e. The van der Waals surface area contributed by atoms with E-state index in [1.807, 2.05) is 24.3 Å². The van der Waals surface area contributed by atoms with Gasteiger partial charge in [0.05, 0.1) is 25.4 Å². The third-order valence-corrected chi connectivity index (χ3v) is 5.56. The molecule has 0 spiro atoms. The molecule has 2 aromatic carbocycles. The molecule has 0 amide bonds. The molecule has 0 saturated carbocycles. The fourth-order valence-electron chi connectivity index (χ4n) is 4.25. The minimum absolute atomic E-state index is 0.474. The van der Waals surface area contributed by atoms with Crippen molar-refractivity contribution in [1.82, 2.24) is 4.57 Å². The number of aliphatic hydroxyl groups excluding tert-OH is 1. The molecule has 1 aliphatic rings. The van der Waals surface area contributed by atoms with E-state index >= 15 is 0 Å². The maximum absolute atomic E-state index is 10.7. The van der Waals surface area contributed by atoms with Gasteiger partial charge in [0.1, 0.15) is 5.75 Å². The predicted octanol–water partition coefficient (Wildman–Crippen LogP) is 4.31. The molecule has 0 unspecified atom stereocenters. The second-order valence-electron chi connectivity index (χ2n) is 7.50. The van der Waals surface area contributed by atoms with Crippen molar-refractivity contribution in [3.05, 3.63) is 59.3 Å². The molecule has 0 radical (unpaired) electrons. The Kier molecular flexibility index (Phi) is 5.08. The average Bonchev–Trinajstić information content (AvgIpc) is 3.00. The van der Waals surface area contributed by atoms with E-state index in [4.69, 9.17) is 4.74 Å². The average molecular weight is 364 g/mol. The van der Waals surface area contributed by atoms with Gasteiger partial charge in [-0.05, 0) is 62.4 Å². The highest BCUT2D eigenvalue weighted by molar-refractivity contribution is 5.86. The Morgan fingerprint density at radius 1 is 1.15 bits per heavy atom. The van der Waals surface area contributed by atoms with Crippen LogP contribution in [0.3, 0.4) is 0 Å². The van der Waals surface area contributed by atoms with Gasteiger partial charge in [0.25, 0.3) is 0 Å². The zero-order valence-corrected chi connectivity index (χ0v) is 16.2. The van der Waals surface area contributed by atoms with Crippen LogP contribution in [0, 0.1) is 6.92 Å². The van der Waals surface area contributed by atoms with Crippen molar-refractivity contribution >= 4 is 16.6 Å². The second kappa shape index (κ2) is 7.65. The van der Waals surface area contributed by atoms with Gasteiger partial charge in [-0.15, -0.1) is 0 Å². The summed E-state index contributed by atoms with van der Waals surface area (Å²) in [6.45, 7) is 3.25. The van der Waals surface area contributed by atoms with Crippen molar-refractivity contribution < 1.29 is 9.84 Å². The third kappa shape index (κ3) is 3.54. The first kappa shape index (κ1) is 17.9. The van der Waals surface area contributed by atoms with Crippen LogP contribution in [0.4, 0.5) is 5.69 Å². The van der Waals surface area contributed by atoms with Gasteiger partial charge in [-0.2, -0.15) is 0 Å². The standard InChI is InChI=1S/C23H28N2O2/c1-16-11-12-22-19(13-16)18-7-3-5-9-21(18)25(22)15-17(26)14-24-20-8-4-6-10-23(20)27-2/h4,6,8,10-13,17,24,26H,3,5,7,9,14-15H2,1-2H3/t17-/m0/s1. The Morgan fingerprint density at radius 3 is 2.81 bits per heavy atom. The molecule has 142 valence electrons. The summed E-state index contributed by atoms with van der Waals surface area (Å²) in [7, 11) is 1.66. The van der Waals surface area contributed by atoms with Crippen LogP contribution in [0.25, 0.3) is 10.9 Å². The Morgan fingerprint density at radius 2 is 1.96 bits per heavy atom. The number of methoxy groups -OCH3 is 1. The van der Waals surface area contributed by atoms with Gasteiger partial charge in [0.2, 0.25) is 0 Å². The van der Waals surface area contributed by atoms with Gasteiger partial charge < -0.3 is 19.7 Å². The van der Waals surface area contributed by atoms with E-state index in [9.17, 15) is 5.11 Å². The van der Waals surface area contributed by atoms with Gasteiger partial charge in [-0.25, -0.2) is 0 Å². The van der Waals surface area contributed by atoms with E-state index in [1.54, 1.807) is 7.11 Å². The normalized spacial score (nSPS) is 14.8. The van der Waals surface area contributed by atoms with Crippen LogP contribution in [0.15, 0.2) is 42.5 Å². The van der Waals surface area contributed by atoms with Crippen molar-refractivity contribution in [3.63, 3.8) is 0 Å². The number of anilines is 1. The van der Waals surface area contributed by atoms with Crippen LogP contribution < -0.4 is 10.1 Å². The van der Waals surface area contributed by atoms with E-state index in [2.05, 4.69) is 35.0 Å². The highest BCUT2D eigenvalue weighted by Crippen LogP contribution is 2.33. The van der Waals surface area contributed by atoms with Gasteiger partial charge in [0.15, 0.2) is 0 Å². The summed E-state index contributed by atoms with van der Waals surface area (Å²) >= 11 is 0. The molecule has 2 N–H and O–H groups in total. The van der Waals surface area contributed by atoms with E-state index in [-0.39, 0.29) is 0 Å². The van der Waals surface area contributed by atoms with E-state index < -0.39 is 6.10 Å². The van der Waals surface area contributed by atoms with Crippen molar-refractivity contribution in [1.29, 1.82) is 0 Å². The van der Waals surface area contributed by atoms with E-state index in [1.165, 1.54) is 40.6 Å². The Bertz CT molecular complexity index is 945. The van der Waals surface area contributed by atoms with Crippen LogP contribution in [-0.4, -0.2) is 29.4 Å². The maximum atomic E-state index is 10.7. The molecular weight excluding hydrogens is 336 g/mol. The molecule has 0 bridgehead atoms. The van der Waals surface area contributed by atoms with Gasteiger partial charge >= 0.3 is 0 Å². The Labute approximate surface area is 160 Å². The Balaban J connectivity index is 1.56. The summed E-state index contributed by atoms with van der Waals surface area (Å²) in [5.41, 5.74) is 6.37. The zero-order valence-electron chi connectivity index (χ0n) is 16.2. The lowest BCUT2D eigenvalue weighted by molar-refractivity contribution is 0.167. The van der Waals surface area contributed by atoms with Crippen molar-refractivity contribution in [2.75, 3.05) is 19.0 Å². The molecule has 1 aromatic heterocycles. The number of hydrogen-bond donors (Lipinski definition) is 2. The molecule has 0 aliphatic heterocycles. The largest absolute Gasteiger partial charge is 0.495 e. The molecule has 1 aliphatic carbocycles. The minimum Gasteiger partial charge on any atom is -0.495 e. The summed E-state index contributed by atoms with van der Waals surface area (Å²) in [5, 5.41) is 15.4. The number of fused-ring (bicyclic) bond motifs is 3. The molecule has 4 heteroatoms. The number of hydrogen-bond acceptors (Lipinski definition) is 3. The lowest BCUT2D eigenvalue weighted by Crippen LogP contribution is -2.26. The molecule has 4 rings (SSSR count). The number of aliphatic hydroxyl groups is 1. The number of aryl methyl sites for hydroxylation is 2. The number of ether oxygens (including phenoxy) is 1. The van der Waals surface area contributed by atoms with Gasteiger partial charge in [-0.3, -0.25) is 0 Å². The number of benzene rings is 2. The first-order chi connectivity index (χ1) is 13.2. The quantitative estimate of drug-likeness (QED) is 0.685. The molecule has 1 atom stereocenters. The third-order valence-electron chi connectivity index (χ3n) is 5.56. The fraction of sp³-hybridized carbons (Fsp3) is 0.391. The van der Waals surface area contributed by atoms with Crippen LogP contribution in [0.1, 0.15) is 29.7 Å². The number of nitrogens with one attached hydrogen (secondary N) is 1. The summed E-state index contributed by atoms with van der Waals surface area (Å²) in [4.78, 5) is 0. The summed E-state index contributed by atoms with van der Waals surface area (Å²) < 4.78 is 7.72. The SMILES string of the molecule is COc1ccccc1NC[C@H](O)Cn1c2c(c3cc(C)ccc31)CCCC2. The summed E-state index contributed by atoms with van der Waals surface area (Å²) in [6.07, 6.45) is 4.28. The summed E-state index contributed by atoms with van der Waals surface area (Å²) in [5.74, 6) is 0.795. The predicted molar refractivity (Wildman–Crippen MR) is 111 cm³/mol. The number of aromatic nitrogens is 1. The molecule has 27 heavy (non-hydrogen) atoms. The zero-order chi connectivity index (χ0) is 18.8. The molecule has 4 nitrogen and oxygen atoms in total. The van der Waals surface area contributed by atoms with Crippen LogP contribution in [-0.2, 0) is 19.4 Å². The molecule has 1 heterocycles. The van der Waals surface area contributed by atoms with Crippen LogP contribution in [0.5, 0.6) is 5.75 Å². The number of rotatable bonds is 6. The number of nitrogens with zero attached hydrogens (tertiary/aromatic N) is 1. The van der Waals surface area contributed by atoms with Crippen LogP contribution in [0.2, 0.25) is 0 Å². The lowest BCUT2D eigenvalue weighted by atomic mass is 9.95. The van der Waals surface area contributed by atoms with Crippen molar-refractivity contribution in [3.8, 4) is 5.75 Å². The summed E-state index contributed by atoms with van der Waals surface area (Å²) in [6, 6.07) is 14.5. The highest BCUT2D eigenvalue weighted by atomic mass is 16.5. The monoisotopic (exact) mass is 364 g/mol. The van der Waals surface area contributed by atoms with E-state index in [0.717, 1.165) is 24.3 Å². The topological polar surface area (TPSA) is 46.4 Å². The Hall–Kier alpha value is -2.46. The first-order valence-electron chi connectivity index (χ1n) is 9.83. The molecule has 0 fully saturated rings. The first-order valence-corrected chi connectivity index (χ1v) is 9.83. The molecular formula is C23H28N2O2. The van der Waals surface area contributed by atoms with Crippen molar-refractivity contribution in [2.24, 2.45) is 0 Å². The van der Waals surface area contributed by atoms with Crippen molar-refractivity contribution in [2.45, 2.75) is 45.3 Å². The number of para-hydroxylation sites is 2. The fourth-order valence-corrected chi connectivity index (χ4v) is 4.25. The second-order valence-corrected chi connectivity index (χ2v) is 7.50. The highest BCUT2D eigenvalue weighted by Gasteiger charge is 2.21. The van der Waals surface area contributed by atoms with Gasteiger partial charge in [-0.1, -0.05) is 23.8 Å². The van der Waals surface area contributed by atoms with E-state index in [0.29, 0.717) is 13.1 Å². The lowest BCUT2D eigenvalue weighted by Gasteiger charge is -2.20. The van der Waals surface area contributed by atoms with Crippen LogP contribution >= 0.6 is 0 Å². The van der Waals surface area contributed by atoms with Gasteiger partial charge in [0, 0.05) is 23.1 Å². The molecule has 3 aromatic rings. The smallest absolute Gasteiger partial charge is 0.141 e. The molecule has 0 saturated heterocycles. The minimum atomic E-state index is -0.474.